The van der Waals surface area contributed by atoms with Crippen LogP contribution < -0.4 is 15.4 Å². The molecule has 0 aliphatic carbocycles. The lowest BCUT2D eigenvalue weighted by molar-refractivity contribution is -0.116. The third kappa shape index (κ3) is 6.11. The molecule has 0 aliphatic heterocycles. The molecule has 0 bridgehead atoms. The summed E-state index contributed by atoms with van der Waals surface area (Å²) in [5, 5.41) is 5.47. The van der Waals surface area contributed by atoms with Gasteiger partial charge in [0.05, 0.1) is 11.9 Å². The van der Waals surface area contributed by atoms with Crippen LogP contribution in [0.25, 0.3) is 0 Å². The van der Waals surface area contributed by atoms with Crippen LogP contribution in [0.4, 0.5) is 11.4 Å². The monoisotopic (exact) mass is 372 g/mol. The summed E-state index contributed by atoms with van der Waals surface area (Å²) in [5.74, 6) is 0.612. The summed E-state index contributed by atoms with van der Waals surface area (Å²) in [7, 11) is 0. The van der Waals surface area contributed by atoms with E-state index >= 15 is 0 Å². The highest BCUT2D eigenvalue weighted by molar-refractivity contribution is 8.00. The molecule has 1 atom stereocenters. The minimum Gasteiger partial charge on any atom is -0.494 e. The first-order valence-electron chi connectivity index (χ1n) is 8.59. The van der Waals surface area contributed by atoms with E-state index in [1.165, 1.54) is 18.7 Å². The number of carbonyl (C=O) groups is 2. The Bertz CT molecular complexity index is 747. The molecule has 0 spiro atoms. The van der Waals surface area contributed by atoms with E-state index in [-0.39, 0.29) is 17.1 Å². The third-order valence-corrected chi connectivity index (χ3v) is 4.89. The normalized spacial score (nSPS) is 11.5. The van der Waals surface area contributed by atoms with Gasteiger partial charge in [-0.15, -0.1) is 11.8 Å². The van der Waals surface area contributed by atoms with Crippen molar-refractivity contribution in [2.45, 2.75) is 37.3 Å². The van der Waals surface area contributed by atoms with Crippen LogP contribution in [0.2, 0.25) is 0 Å². The van der Waals surface area contributed by atoms with Crippen molar-refractivity contribution < 1.29 is 14.3 Å². The van der Waals surface area contributed by atoms with E-state index in [0.717, 1.165) is 22.0 Å². The van der Waals surface area contributed by atoms with Crippen LogP contribution >= 0.6 is 11.8 Å². The lowest BCUT2D eigenvalue weighted by Crippen LogP contribution is -2.24. The molecule has 2 N–H and O–H groups in total. The van der Waals surface area contributed by atoms with Crippen molar-refractivity contribution >= 4 is 35.0 Å². The van der Waals surface area contributed by atoms with Gasteiger partial charge in [0.25, 0.3) is 0 Å². The summed E-state index contributed by atoms with van der Waals surface area (Å²) in [5.41, 5.74) is 1.47. The minimum atomic E-state index is -0.228. The Morgan fingerprint density at radius 1 is 1.04 bits per heavy atom. The number of anilines is 2. The Morgan fingerprint density at radius 3 is 2.38 bits per heavy atom. The summed E-state index contributed by atoms with van der Waals surface area (Å²) in [4.78, 5) is 24.7. The molecule has 26 heavy (non-hydrogen) atoms. The van der Waals surface area contributed by atoms with Crippen LogP contribution in [0.5, 0.6) is 5.75 Å². The molecule has 0 radical (unpaired) electrons. The van der Waals surface area contributed by atoms with E-state index < -0.39 is 0 Å². The van der Waals surface area contributed by atoms with Gasteiger partial charge in [-0.1, -0.05) is 13.0 Å². The Kier molecular flexibility index (Phi) is 7.53. The van der Waals surface area contributed by atoms with Gasteiger partial charge in [-0.2, -0.15) is 0 Å². The first-order valence-corrected chi connectivity index (χ1v) is 9.47. The van der Waals surface area contributed by atoms with Crippen LogP contribution in [0.1, 0.15) is 27.2 Å². The maximum absolute atomic E-state index is 12.6. The number of rotatable bonds is 8. The predicted octanol–water partition coefficient (Wildman–Crippen LogP) is 4.55. The maximum Gasteiger partial charge on any atom is 0.237 e. The Morgan fingerprint density at radius 2 is 1.77 bits per heavy atom. The summed E-state index contributed by atoms with van der Waals surface area (Å²) in [6.07, 6.45) is 0.692. The van der Waals surface area contributed by atoms with Crippen molar-refractivity contribution in [3.63, 3.8) is 0 Å². The molecule has 2 aromatic rings. The van der Waals surface area contributed by atoms with Crippen molar-refractivity contribution in [3.8, 4) is 5.75 Å². The molecule has 5 nitrogen and oxygen atoms in total. The number of ether oxygens (including phenoxy) is 1. The number of amides is 2. The summed E-state index contributed by atoms with van der Waals surface area (Å²) in [6.45, 7) is 5.99. The van der Waals surface area contributed by atoms with Crippen molar-refractivity contribution in [1.29, 1.82) is 0 Å². The molecular formula is C20H24N2O3S. The van der Waals surface area contributed by atoms with E-state index in [9.17, 15) is 9.59 Å². The van der Waals surface area contributed by atoms with Crippen molar-refractivity contribution in [2.24, 2.45) is 0 Å². The third-order valence-electron chi connectivity index (χ3n) is 3.53. The Balaban J connectivity index is 2.01. The molecule has 2 aromatic carbocycles. The van der Waals surface area contributed by atoms with E-state index in [2.05, 4.69) is 10.6 Å². The molecular weight excluding hydrogens is 348 g/mol. The Hall–Kier alpha value is -2.47. The molecule has 0 saturated carbocycles. The molecule has 0 aromatic heterocycles. The number of carbonyl (C=O) groups excluding carboxylic acids is 2. The predicted molar refractivity (Wildman–Crippen MR) is 107 cm³/mol. The quantitative estimate of drug-likeness (QED) is 0.667. The molecule has 0 fully saturated rings. The average Bonchev–Trinajstić information content (AvgIpc) is 2.61. The van der Waals surface area contributed by atoms with Gasteiger partial charge in [0.15, 0.2) is 0 Å². The summed E-state index contributed by atoms with van der Waals surface area (Å²) in [6, 6.07) is 14.8. The zero-order valence-electron chi connectivity index (χ0n) is 15.2. The Labute approximate surface area is 158 Å². The van der Waals surface area contributed by atoms with Crippen LogP contribution in [-0.4, -0.2) is 23.7 Å². The molecule has 6 heteroatoms. The zero-order valence-corrected chi connectivity index (χ0v) is 16.1. The zero-order chi connectivity index (χ0) is 18.9. The second-order valence-corrected chi connectivity index (χ2v) is 6.95. The van der Waals surface area contributed by atoms with Gasteiger partial charge < -0.3 is 15.4 Å². The van der Waals surface area contributed by atoms with Crippen molar-refractivity contribution in [1.82, 2.24) is 0 Å². The maximum atomic E-state index is 12.6. The van der Waals surface area contributed by atoms with Gasteiger partial charge in [-0.25, -0.2) is 0 Å². The summed E-state index contributed by atoms with van der Waals surface area (Å²) < 4.78 is 5.41. The average molecular weight is 372 g/mol. The van der Waals surface area contributed by atoms with Gasteiger partial charge >= 0.3 is 0 Å². The van der Waals surface area contributed by atoms with Gasteiger partial charge in [-0.05, 0) is 55.8 Å². The van der Waals surface area contributed by atoms with Gasteiger partial charge in [0, 0.05) is 23.2 Å². The van der Waals surface area contributed by atoms with Crippen LogP contribution in [0, 0.1) is 0 Å². The van der Waals surface area contributed by atoms with E-state index in [1.54, 1.807) is 0 Å². The number of hydrogen-bond donors (Lipinski definition) is 2. The lowest BCUT2D eigenvalue weighted by atomic mass is 10.2. The largest absolute Gasteiger partial charge is 0.494 e. The fourth-order valence-corrected chi connectivity index (χ4v) is 3.37. The summed E-state index contributed by atoms with van der Waals surface area (Å²) >= 11 is 1.48. The highest BCUT2D eigenvalue weighted by atomic mass is 32.2. The topological polar surface area (TPSA) is 67.4 Å². The number of nitrogens with one attached hydrogen (secondary N) is 2. The standard InChI is InChI=1S/C20H24N2O3S/c1-4-19(26-18-8-6-7-16(13-18)21-14(3)23)20(24)22-15-9-11-17(12-10-15)25-5-2/h6-13,19H,4-5H2,1-3H3,(H,21,23)(H,22,24). The highest BCUT2D eigenvalue weighted by Gasteiger charge is 2.18. The second-order valence-electron chi connectivity index (χ2n) is 5.67. The first-order chi connectivity index (χ1) is 12.5. The first kappa shape index (κ1) is 19.8. The van der Waals surface area contributed by atoms with Gasteiger partial charge in [-0.3, -0.25) is 9.59 Å². The fourth-order valence-electron chi connectivity index (χ4n) is 2.36. The second kappa shape index (κ2) is 9.87. The van der Waals surface area contributed by atoms with E-state index in [4.69, 9.17) is 4.74 Å². The molecule has 2 amide bonds. The molecule has 0 saturated heterocycles. The smallest absolute Gasteiger partial charge is 0.237 e. The van der Waals surface area contributed by atoms with E-state index in [0.29, 0.717) is 13.0 Å². The minimum absolute atomic E-state index is 0.0495. The SMILES string of the molecule is CCOc1ccc(NC(=O)C(CC)Sc2cccc(NC(C)=O)c2)cc1. The van der Waals surface area contributed by atoms with Crippen LogP contribution in [0.3, 0.4) is 0 Å². The molecule has 0 heterocycles. The molecule has 0 aliphatic rings. The van der Waals surface area contributed by atoms with Gasteiger partial charge in [0.2, 0.25) is 11.8 Å². The lowest BCUT2D eigenvalue weighted by Gasteiger charge is -2.15. The van der Waals surface area contributed by atoms with E-state index in [1.807, 2.05) is 62.4 Å². The molecule has 2 rings (SSSR count). The van der Waals surface area contributed by atoms with Gasteiger partial charge in [0.1, 0.15) is 5.75 Å². The number of thioether (sulfide) groups is 1. The molecule has 138 valence electrons. The van der Waals surface area contributed by atoms with Crippen molar-refractivity contribution in [3.05, 3.63) is 48.5 Å². The van der Waals surface area contributed by atoms with Crippen molar-refractivity contribution in [2.75, 3.05) is 17.2 Å². The number of benzene rings is 2. The van der Waals surface area contributed by atoms with Crippen LogP contribution in [-0.2, 0) is 9.59 Å². The number of hydrogen-bond acceptors (Lipinski definition) is 4. The van der Waals surface area contributed by atoms with Crippen LogP contribution in [0.15, 0.2) is 53.4 Å². The highest BCUT2D eigenvalue weighted by Crippen LogP contribution is 2.28. The fraction of sp³-hybridized carbons (Fsp3) is 0.300. The molecule has 1 unspecified atom stereocenters.